The Bertz CT molecular complexity index is 798. The third-order valence-electron chi connectivity index (χ3n) is 5.77. The second-order valence-corrected chi connectivity index (χ2v) is 9.37. The molecule has 9 heteroatoms. The van der Waals surface area contributed by atoms with Crippen LogP contribution in [-0.2, 0) is 19.6 Å². The number of nitrogens with two attached hydrogens (primary N) is 1. The molecule has 0 unspecified atom stereocenters. The molecule has 1 atom stereocenters. The topological polar surface area (TPSA) is 104 Å². The summed E-state index contributed by atoms with van der Waals surface area (Å²) in [6.07, 6.45) is 1.35. The molecule has 2 aliphatic heterocycles. The van der Waals surface area contributed by atoms with Crippen molar-refractivity contribution in [2.75, 3.05) is 39.3 Å². The first-order valence-corrected chi connectivity index (χ1v) is 11.1. The van der Waals surface area contributed by atoms with Crippen molar-refractivity contribution < 1.29 is 18.0 Å². The highest BCUT2D eigenvalue weighted by atomic mass is 32.2. The van der Waals surface area contributed by atoms with E-state index in [1.54, 1.807) is 35.2 Å². The van der Waals surface area contributed by atoms with E-state index in [0.29, 0.717) is 52.1 Å². The van der Waals surface area contributed by atoms with Crippen molar-refractivity contribution in [3.05, 3.63) is 30.3 Å². The van der Waals surface area contributed by atoms with E-state index in [-0.39, 0.29) is 28.7 Å². The molecule has 2 N–H and O–H groups in total. The van der Waals surface area contributed by atoms with Gasteiger partial charge in [-0.25, -0.2) is 8.42 Å². The summed E-state index contributed by atoms with van der Waals surface area (Å²) < 4.78 is 26.9. The quantitative estimate of drug-likeness (QED) is 0.744. The van der Waals surface area contributed by atoms with Crippen LogP contribution < -0.4 is 5.73 Å². The van der Waals surface area contributed by atoms with Gasteiger partial charge < -0.3 is 10.6 Å². The minimum atomic E-state index is -3.53. The Labute approximate surface area is 166 Å². The van der Waals surface area contributed by atoms with Gasteiger partial charge in [0.25, 0.3) is 0 Å². The largest absolute Gasteiger partial charge is 0.369 e. The molecule has 28 heavy (non-hydrogen) atoms. The molecule has 154 valence electrons. The van der Waals surface area contributed by atoms with Crippen molar-refractivity contribution in [1.82, 2.24) is 14.1 Å². The smallest absolute Gasteiger partial charge is 0.243 e. The number of likely N-dealkylation sites (tertiary alicyclic amines) is 1. The molecule has 0 spiro atoms. The Kier molecular flexibility index (Phi) is 6.36. The zero-order valence-electron chi connectivity index (χ0n) is 16.2. The fourth-order valence-corrected chi connectivity index (χ4v) is 5.33. The normalized spacial score (nSPS) is 21.4. The van der Waals surface area contributed by atoms with Crippen LogP contribution in [0.5, 0.6) is 0 Å². The first kappa shape index (κ1) is 20.8. The predicted octanol–water partition coefficient (Wildman–Crippen LogP) is 0.105. The molecule has 0 bridgehead atoms. The average molecular weight is 409 g/mol. The predicted molar refractivity (Wildman–Crippen MR) is 105 cm³/mol. The van der Waals surface area contributed by atoms with Crippen LogP contribution in [0.3, 0.4) is 0 Å². The van der Waals surface area contributed by atoms with Gasteiger partial charge in [0.05, 0.1) is 10.9 Å². The number of rotatable bonds is 5. The van der Waals surface area contributed by atoms with Gasteiger partial charge in [-0.2, -0.15) is 4.31 Å². The molecular weight excluding hydrogens is 380 g/mol. The maximum absolute atomic E-state index is 12.9. The van der Waals surface area contributed by atoms with Gasteiger partial charge in [0.1, 0.15) is 0 Å². The molecule has 2 saturated heterocycles. The first-order valence-electron chi connectivity index (χ1n) is 9.68. The summed E-state index contributed by atoms with van der Waals surface area (Å²) in [6.45, 7) is 4.56. The van der Waals surface area contributed by atoms with Crippen molar-refractivity contribution in [3.63, 3.8) is 0 Å². The molecule has 1 aromatic carbocycles. The minimum absolute atomic E-state index is 0.00860. The van der Waals surface area contributed by atoms with Crippen molar-refractivity contribution in [1.29, 1.82) is 0 Å². The maximum atomic E-state index is 12.9. The van der Waals surface area contributed by atoms with Crippen LogP contribution in [0.4, 0.5) is 0 Å². The SMILES string of the molecule is C[C@@H](C(=O)N1CCN(S(=O)(=O)c2ccccc2)CC1)N1CCC(C(N)=O)CC1. The summed E-state index contributed by atoms with van der Waals surface area (Å²) in [4.78, 5) is 28.3. The van der Waals surface area contributed by atoms with Gasteiger partial charge in [-0.05, 0) is 45.0 Å². The molecule has 0 aliphatic carbocycles. The van der Waals surface area contributed by atoms with E-state index in [9.17, 15) is 18.0 Å². The summed E-state index contributed by atoms with van der Waals surface area (Å²) in [5.41, 5.74) is 5.37. The van der Waals surface area contributed by atoms with Crippen LogP contribution in [0, 0.1) is 5.92 Å². The number of sulfonamides is 1. The minimum Gasteiger partial charge on any atom is -0.369 e. The van der Waals surface area contributed by atoms with E-state index in [0.717, 1.165) is 0 Å². The number of nitrogens with zero attached hydrogens (tertiary/aromatic N) is 3. The zero-order valence-corrected chi connectivity index (χ0v) is 17.0. The van der Waals surface area contributed by atoms with Gasteiger partial charge in [0.15, 0.2) is 0 Å². The summed E-state index contributed by atoms with van der Waals surface area (Å²) in [5, 5.41) is 0. The fraction of sp³-hybridized carbons (Fsp3) is 0.579. The molecule has 0 aromatic heterocycles. The average Bonchev–Trinajstić information content (AvgIpc) is 2.73. The van der Waals surface area contributed by atoms with E-state index in [1.165, 1.54) is 4.31 Å². The van der Waals surface area contributed by atoms with Crippen LogP contribution in [0.1, 0.15) is 19.8 Å². The highest BCUT2D eigenvalue weighted by Gasteiger charge is 2.34. The Morgan fingerprint density at radius 2 is 1.57 bits per heavy atom. The summed E-state index contributed by atoms with van der Waals surface area (Å²) in [7, 11) is -3.53. The molecule has 2 heterocycles. The summed E-state index contributed by atoms with van der Waals surface area (Å²) in [5.74, 6) is -0.367. The monoisotopic (exact) mass is 408 g/mol. The lowest BCUT2D eigenvalue weighted by Gasteiger charge is -2.39. The number of primary amides is 1. The standard InChI is InChI=1S/C19H28N4O4S/c1-15(21-9-7-16(8-10-21)18(20)24)19(25)22-11-13-23(14-12-22)28(26,27)17-5-3-2-4-6-17/h2-6,15-16H,7-14H2,1H3,(H2,20,24)/t15-/m0/s1. The number of hydrogen-bond donors (Lipinski definition) is 1. The molecule has 2 aliphatic rings. The number of piperazine rings is 1. The fourth-order valence-electron chi connectivity index (χ4n) is 3.88. The van der Waals surface area contributed by atoms with Crippen LogP contribution in [0.25, 0.3) is 0 Å². The van der Waals surface area contributed by atoms with Crippen molar-refractivity contribution >= 4 is 21.8 Å². The van der Waals surface area contributed by atoms with Crippen molar-refractivity contribution in [3.8, 4) is 0 Å². The number of piperidine rings is 1. The van der Waals surface area contributed by atoms with Gasteiger partial charge in [0.2, 0.25) is 21.8 Å². The van der Waals surface area contributed by atoms with Crippen molar-refractivity contribution in [2.24, 2.45) is 11.7 Å². The third kappa shape index (κ3) is 4.37. The van der Waals surface area contributed by atoms with Crippen LogP contribution in [-0.4, -0.2) is 79.6 Å². The number of carbonyl (C=O) groups excluding carboxylic acids is 2. The van der Waals surface area contributed by atoms with Gasteiger partial charge in [-0.1, -0.05) is 18.2 Å². The zero-order chi connectivity index (χ0) is 20.3. The molecule has 2 fully saturated rings. The third-order valence-corrected chi connectivity index (χ3v) is 7.68. The molecule has 3 rings (SSSR count). The molecule has 0 saturated carbocycles. The first-order chi connectivity index (χ1) is 13.3. The van der Waals surface area contributed by atoms with Gasteiger partial charge >= 0.3 is 0 Å². The second kappa shape index (κ2) is 8.59. The molecular formula is C19H28N4O4S. The molecule has 1 aromatic rings. The van der Waals surface area contributed by atoms with Gasteiger partial charge in [-0.3, -0.25) is 14.5 Å². The molecule has 8 nitrogen and oxygen atoms in total. The Hall–Kier alpha value is -1.97. The van der Waals surface area contributed by atoms with Gasteiger partial charge in [0, 0.05) is 32.1 Å². The summed E-state index contributed by atoms with van der Waals surface area (Å²) in [6, 6.07) is 8.08. The van der Waals surface area contributed by atoms with E-state index >= 15 is 0 Å². The van der Waals surface area contributed by atoms with Crippen molar-refractivity contribution in [2.45, 2.75) is 30.7 Å². The van der Waals surface area contributed by atoms with E-state index in [2.05, 4.69) is 4.90 Å². The van der Waals surface area contributed by atoms with Crippen LogP contribution >= 0.6 is 0 Å². The highest BCUT2D eigenvalue weighted by molar-refractivity contribution is 7.89. The van der Waals surface area contributed by atoms with Crippen LogP contribution in [0.15, 0.2) is 35.2 Å². The number of benzene rings is 1. The number of hydrogen-bond acceptors (Lipinski definition) is 5. The lowest BCUT2D eigenvalue weighted by molar-refractivity contribution is -0.138. The van der Waals surface area contributed by atoms with E-state index in [1.807, 2.05) is 6.92 Å². The Morgan fingerprint density at radius 1 is 1.00 bits per heavy atom. The van der Waals surface area contributed by atoms with Gasteiger partial charge in [-0.15, -0.1) is 0 Å². The lowest BCUT2D eigenvalue weighted by atomic mass is 9.95. The number of carbonyl (C=O) groups is 2. The molecule has 0 radical (unpaired) electrons. The van der Waals surface area contributed by atoms with E-state index in [4.69, 9.17) is 5.73 Å². The highest BCUT2D eigenvalue weighted by Crippen LogP contribution is 2.21. The molecule has 2 amide bonds. The maximum Gasteiger partial charge on any atom is 0.243 e. The Balaban J connectivity index is 1.54. The lowest BCUT2D eigenvalue weighted by Crippen LogP contribution is -2.56. The van der Waals surface area contributed by atoms with E-state index < -0.39 is 10.0 Å². The Morgan fingerprint density at radius 3 is 2.11 bits per heavy atom. The summed E-state index contributed by atoms with van der Waals surface area (Å²) >= 11 is 0. The van der Waals surface area contributed by atoms with Crippen LogP contribution in [0.2, 0.25) is 0 Å². The second-order valence-electron chi connectivity index (χ2n) is 7.43. The number of amides is 2.